The summed E-state index contributed by atoms with van der Waals surface area (Å²) in [5.74, 6) is -0.148. The summed E-state index contributed by atoms with van der Waals surface area (Å²) in [5.41, 5.74) is 0. The molecule has 0 unspecified atom stereocenters. The average molecular weight is 298 g/mol. The molecule has 0 amide bonds. The van der Waals surface area contributed by atoms with Crippen LogP contribution in [0.25, 0.3) is 0 Å². The molecule has 1 rings (SSSR count). The lowest BCUT2D eigenvalue weighted by molar-refractivity contribution is -0.147. The van der Waals surface area contributed by atoms with E-state index in [1.54, 1.807) is 0 Å². The van der Waals surface area contributed by atoms with Crippen molar-refractivity contribution in [1.29, 1.82) is 0 Å². The third kappa shape index (κ3) is 7.57. The predicted octanol–water partition coefficient (Wildman–Crippen LogP) is -0.421. The summed E-state index contributed by atoms with van der Waals surface area (Å²) in [7, 11) is 1.46. The monoisotopic (exact) mass is 298 g/mol. The normalized spacial score (nSPS) is 20.8. The highest BCUT2D eigenvalue weighted by molar-refractivity contribution is 5.75. The minimum absolute atomic E-state index is 0.148. The number of rotatable bonds is 5. The standard InChI is InChI=1S/C15H30N4O2/c1-3-4-5-14(15(20)21-2)19-12-10-17-8-6-16-7-9-18-11-13-19/h3,14,16-18H,1,4-13H2,2H3/t14-/m0/s1. The van der Waals surface area contributed by atoms with Gasteiger partial charge in [0.05, 0.1) is 7.11 Å². The van der Waals surface area contributed by atoms with Gasteiger partial charge in [-0.15, -0.1) is 6.58 Å². The van der Waals surface area contributed by atoms with Crippen molar-refractivity contribution in [2.24, 2.45) is 0 Å². The van der Waals surface area contributed by atoms with Crippen LogP contribution >= 0.6 is 0 Å². The summed E-state index contributed by atoms with van der Waals surface area (Å²) < 4.78 is 4.97. The molecule has 1 aliphatic rings. The van der Waals surface area contributed by atoms with E-state index in [0.29, 0.717) is 0 Å². The number of nitrogens with one attached hydrogen (secondary N) is 3. The van der Waals surface area contributed by atoms with Gasteiger partial charge in [0.1, 0.15) is 6.04 Å². The van der Waals surface area contributed by atoms with Crippen LogP contribution in [-0.2, 0) is 9.53 Å². The second-order valence-corrected chi connectivity index (χ2v) is 5.19. The van der Waals surface area contributed by atoms with E-state index in [1.807, 2.05) is 6.08 Å². The Balaban J connectivity index is 2.59. The number of hydrogen-bond acceptors (Lipinski definition) is 6. The van der Waals surface area contributed by atoms with Crippen LogP contribution < -0.4 is 16.0 Å². The SMILES string of the molecule is C=CCC[C@@H](C(=O)OC)N1CCNCCNCCNCC1. The number of nitrogens with zero attached hydrogens (tertiary/aromatic N) is 1. The summed E-state index contributed by atoms with van der Waals surface area (Å²) in [5, 5.41) is 10.2. The molecule has 21 heavy (non-hydrogen) atoms. The Kier molecular flexibility index (Phi) is 10.1. The maximum Gasteiger partial charge on any atom is 0.323 e. The van der Waals surface area contributed by atoms with Gasteiger partial charge in [0.25, 0.3) is 0 Å². The first-order valence-electron chi connectivity index (χ1n) is 7.84. The molecule has 0 aromatic rings. The van der Waals surface area contributed by atoms with Gasteiger partial charge in [-0.05, 0) is 12.8 Å². The number of allylic oxidation sites excluding steroid dienone is 1. The van der Waals surface area contributed by atoms with Gasteiger partial charge in [-0.3, -0.25) is 9.69 Å². The summed E-state index contributed by atoms with van der Waals surface area (Å²) in [6, 6.07) is -0.183. The number of hydrogen-bond donors (Lipinski definition) is 3. The van der Waals surface area contributed by atoms with Crippen LogP contribution in [-0.4, -0.2) is 76.4 Å². The van der Waals surface area contributed by atoms with Crippen molar-refractivity contribution in [3.05, 3.63) is 12.7 Å². The Hall–Kier alpha value is -0.950. The molecular weight excluding hydrogens is 268 g/mol. The van der Waals surface area contributed by atoms with Crippen LogP contribution in [0.2, 0.25) is 0 Å². The lowest BCUT2D eigenvalue weighted by Gasteiger charge is -2.30. The van der Waals surface area contributed by atoms with Crippen molar-refractivity contribution in [3.8, 4) is 0 Å². The molecule has 1 saturated heterocycles. The van der Waals surface area contributed by atoms with Crippen LogP contribution in [0.3, 0.4) is 0 Å². The van der Waals surface area contributed by atoms with E-state index >= 15 is 0 Å². The fraction of sp³-hybridized carbons (Fsp3) is 0.800. The fourth-order valence-corrected chi connectivity index (χ4v) is 2.46. The van der Waals surface area contributed by atoms with Gasteiger partial charge in [-0.25, -0.2) is 0 Å². The fourth-order valence-electron chi connectivity index (χ4n) is 2.46. The predicted molar refractivity (Wildman–Crippen MR) is 85.4 cm³/mol. The maximum absolute atomic E-state index is 12.0. The number of esters is 1. The molecule has 0 bridgehead atoms. The minimum Gasteiger partial charge on any atom is -0.468 e. The molecule has 122 valence electrons. The zero-order valence-corrected chi connectivity index (χ0v) is 13.2. The van der Waals surface area contributed by atoms with Crippen molar-refractivity contribution in [2.45, 2.75) is 18.9 Å². The molecular formula is C15H30N4O2. The number of carbonyl (C=O) groups excluding carboxylic acids is 1. The molecule has 1 fully saturated rings. The Labute approximate surface area is 128 Å². The number of methoxy groups -OCH3 is 1. The molecule has 0 aliphatic carbocycles. The third-order valence-corrected chi connectivity index (χ3v) is 3.67. The smallest absolute Gasteiger partial charge is 0.323 e. The van der Waals surface area contributed by atoms with Gasteiger partial charge in [0, 0.05) is 52.4 Å². The van der Waals surface area contributed by atoms with Gasteiger partial charge < -0.3 is 20.7 Å². The van der Waals surface area contributed by atoms with Gasteiger partial charge in [-0.1, -0.05) is 6.08 Å². The summed E-state index contributed by atoms with van der Waals surface area (Å²) in [4.78, 5) is 14.3. The summed E-state index contributed by atoms with van der Waals surface area (Å²) in [6.45, 7) is 11.0. The molecule has 1 heterocycles. The summed E-state index contributed by atoms with van der Waals surface area (Å²) >= 11 is 0. The van der Waals surface area contributed by atoms with Crippen molar-refractivity contribution >= 4 is 5.97 Å². The molecule has 6 nitrogen and oxygen atoms in total. The van der Waals surface area contributed by atoms with E-state index in [4.69, 9.17) is 4.74 Å². The Bertz CT molecular complexity index is 287. The van der Waals surface area contributed by atoms with Crippen LogP contribution in [0.1, 0.15) is 12.8 Å². The number of carbonyl (C=O) groups is 1. The molecule has 0 radical (unpaired) electrons. The first-order valence-corrected chi connectivity index (χ1v) is 7.84. The van der Waals surface area contributed by atoms with Crippen molar-refractivity contribution in [2.75, 3.05) is 59.5 Å². The van der Waals surface area contributed by atoms with Crippen molar-refractivity contribution in [1.82, 2.24) is 20.9 Å². The van der Waals surface area contributed by atoms with E-state index in [2.05, 4.69) is 27.4 Å². The van der Waals surface area contributed by atoms with Crippen LogP contribution in [0.5, 0.6) is 0 Å². The Morgan fingerprint density at radius 1 is 1.14 bits per heavy atom. The van der Waals surface area contributed by atoms with E-state index in [0.717, 1.165) is 65.2 Å². The first-order chi connectivity index (χ1) is 10.3. The maximum atomic E-state index is 12.0. The minimum atomic E-state index is -0.183. The third-order valence-electron chi connectivity index (χ3n) is 3.67. The molecule has 0 aromatic heterocycles. The zero-order valence-electron chi connectivity index (χ0n) is 13.2. The van der Waals surface area contributed by atoms with Crippen LogP contribution in [0.4, 0.5) is 0 Å². The zero-order chi connectivity index (χ0) is 15.3. The highest BCUT2D eigenvalue weighted by Gasteiger charge is 2.25. The van der Waals surface area contributed by atoms with Gasteiger partial charge in [0.2, 0.25) is 0 Å². The molecule has 0 saturated carbocycles. The lowest BCUT2D eigenvalue weighted by Crippen LogP contribution is -2.48. The lowest BCUT2D eigenvalue weighted by atomic mass is 10.1. The Morgan fingerprint density at radius 3 is 2.14 bits per heavy atom. The van der Waals surface area contributed by atoms with Crippen LogP contribution in [0.15, 0.2) is 12.7 Å². The van der Waals surface area contributed by atoms with Crippen molar-refractivity contribution in [3.63, 3.8) is 0 Å². The second kappa shape index (κ2) is 11.7. The molecule has 0 spiro atoms. The van der Waals surface area contributed by atoms with E-state index < -0.39 is 0 Å². The highest BCUT2D eigenvalue weighted by Crippen LogP contribution is 2.09. The van der Waals surface area contributed by atoms with Gasteiger partial charge in [0.15, 0.2) is 0 Å². The van der Waals surface area contributed by atoms with Gasteiger partial charge >= 0.3 is 5.97 Å². The van der Waals surface area contributed by atoms with Crippen molar-refractivity contribution < 1.29 is 9.53 Å². The molecule has 3 N–H and O–H groups in total. The quantitative estimate of drug-likeness (QED) is 0.473. The summed E-state index contributed by atoms with van der Waals surface area (Å²) in [6.07, 6.45) is 3.44. The van der Waals surface area contributed by atoms with Gasteiger partial charge in [-0.2, -0.15) is 0 Å². The number of ether oxygens (including phenoxy) is 1. The largest absolute Gasteiger partial charge is 0.468 e. The average Bonchev–Trinajstić information content (AvgIpc) is 2.49. The molecule has 1 aliphatic heterocycles. The van der Waals surface area contributed by atoms with E-state index in [9.17, 15) is 4.79 Å². The second-order valence-electron chi connectivity index (χ2n) is 5.19. The van der Waals surface area contributed by atoms with E-state index in [-0.39, 0.29) is 12.0 Å². The highest BCUT2D eigenvalue weighted by atomic mass is 16.5. The Morgan fingerprint density at radius 2 is 1.67 bits per heavy atom. The first kappa shape index (κ1) is 18.1. The van der Waals surface area contributed by atoms with Crippen LogP contribution in [0, 0.1) is 0 Å². The topological polar surface area (TPSA) is 65.6 Å². The molecule has 0 aromatic carbocycles. The van der Waals surface area contributed by atoms with E-state index in [1.165, 1.54) is 7.11 Å². The molecule has 1 atom stereocenters. The molecule has 6 heteroatoms.